The standard InChI is InChI=1S/C14H10F3N3O2S2/c1-2-24(21,22)10-4-3-5-18-11(10)13-20-9-6-8(14(15,16)17)7-19-12(9)23-13/h3-7H,2H2,1H3. The molecule has 24 heavy (non-hydrogen) atoms. The number of halogens is 3. The van der Waals surface area contributed by atoms with Crippen molar-refractivity contribution in [1.82, 2.24) is 15.0 Å². The van der Waals surface area contributed by atoms with Crippen LogP contribution in [0.15, 0.2) is 35.5 Å². The molecule has 3 rings (SSSR count). The Labute approximate surface area is 139 Å². The van der Waals surface area contributed by atoms with Crippen LogP contribution in [0.3, 0.4) is 0 Å². The first kappa shape index (κ1) is 16.8. The van der Waals surface area contributed by atoms with Crippen LogP contribution in [-0.2, 0) is 16.0 Å². The highest BCUT2D eigenvalue weighted by atomic mass is 32.2. The minimum Gasteiger partial charge on any atom is -0.252 e. The maximum atomic E-state index is 12.8. The lowest BCUT2D eigenvalue weighted by atomic mass is 10.3. The van der Waals surface area contributed by atoms with Crippen molar-refractivity contribution in [3.05, 3.63) is 36.2 Å². The van der Waals surface area contributed by atoms with Gasteiger partial charge < -0.3 is 0 Å². The van der Waals surface area contributed by atoms with E-state index in [1.54, 1.807) is 0 Å². The molecule has 0 amide bonds. The van der Waals surface area contributed by atoms with Crippen molar-refractivity contribution in [2.45, 2.75) is 18.0 Å². The predicted octanol–water partition coefficient (Wildman–Crippen LogP) is 3.57. The number of sulfone groups is 1. The van der Waals surface area contributed by atoms with Gasteiger partial charge in [-0.2, -0.15) is 13.2 Å². The number of nitrogens with zero attached hydrogens (tertiary/aromatic N) is 3. The molecule has 126 valence electrons. The Bertz CT molecular complexity index is 1010. The first-order valence-corrected chi connectivity index (χ1v) is 9.21. The van der Waals surface area contributed by atoms with E-state index >= 15 is 0 Å². The average molecular weight is 373 g/mol. The van der Waals surface area contributed by atoms with Crippen molar-refractivity contribution in [3.63, 3.8) is 0 Å². The Hall–Kier alpha value is -2.07. The molecular weight excluding hydrogens is 363 g/mol. The van der Waals surface area contributed by atoms with Gasteiger partial charge in [0, 0.05) is 12.4 Å². The lowest BCUT2D eigenvalue weighted by Gasteiger charge is -2.05. The highest BCUT2D eigenvalue weighted by Crippen LogP contribution is 2.35. The topological polar surface area (TPSA) is 72.8 Å². The zero-order chi connectivity index (χ0) is 17.5. The monoisotopic (exact) mass is 373 g/mol. The van der Waals surface area contributed by atoms with Crippen LogP contribution in [0.1, 0.15) is 12.5 Å². The van der Waals surface area contributed by atoms with Crippen LogP contribution in [0.25, 0.3) is 21.0 Å². The number of hydrogen-bond acceptors (Lipinski definition) is 6. The Kier molecular flexibility index (Phi) is 4.04. The molecule has 3 aromatic heterocycles. The summed E-state index contributed by atoms with van der Waals surface area (Å²) in [7, 11) is -3.54. The normalized spacial score (nSPS) is 12.7. The maximum Gasteiger partial charge on any atom is 0.417 e. The van der Waals surface area contributed by atoms with Crippen LogP contribution in [0.4, 0.5) is 13.2 Å². The van der Waals surface area contributed by atoms with E-state index in [1.807, 2.05) is 0 Å². The van der Waals surface area contributed by atoms with Gasteiger partial charge in [0.2, 0.25) is 0 Å². The zero-order valence-electron chi connectivity index (χ0n) is 12.2. The molecule has 10 heteroatoms. The van der Waals surface area contributed by atoms with E-state index in [2.05, 4.69) is 15.0 Å². The van der Waals surface area contributed by atoms with Crippen molar-refractivity contribution in [2.75, 3.05) is 5.75 Å². The highest BCUT2D eigenvalue weighted by Gasteiger charge is 2.31. The van der Waals surface area contributed by atoms with Gasteiger partial charge in [0.15, 0.2) is 9.84 Å². The SMILES string of the molecule is CCS(=O)(=O)c1cccnc1-c1nc2cc(C(F)(F)F)cnc2s1. The lowest BCUT2D eigenvalue weighted by Crippen LogP contribution is -2.06. The number of aromatic nitrogens is 3. The number of pyridine rings is 2. The molecular formula is C14H10F3N3O2S2. The number of alkyl halides is 3. The predicted molar refractivity (Wildman–Crippen MR) is 83.4 cm³/mol. The van der Waals surface area contributed by atoms with Gasteiger partial charge in [-0.25, -0.2) is 18.4 Å². The highest BCUT2D eigenvalue weighted by molar-refractivity contribution is 7.91. The third-order valence-electron chi connectivity index (χ3n) is 3.26. The summed E-state index contributed by atoms with van der Waals surface area (Å²) < 4.78 is 62.6. The summed E-state index contributed by atoms with van der Waals surface area (Å²) in [5.41, 5.74) is -0.736. The molecule has 0 bridgehead atoms. The van der Waals surface area contributed by atoms with E-state index in [1.165, 1.54) is 25.3 Å². The van der Waals surface area contributed by atoms with Crippen molar-refractivity contribution >= 4 is 31.5 Å². The Morgan fingerprint density at radius 3 is 2.67 bits per heavy atom. The van der Waals surface area contributed by atoms with E-state index in [0.29, 0.717) is 0 Å². The molecule has 0 atom stereocenters. The number of hydrogen-bond donors (Lipinski definition) is 0. The summed E-state index contributed by atoms with van der Waals surface area (Å²) in [5, 5.41) is 0.212. The van der Waals surface area contributed by atoms with Gasteiger partial charge in [0.05, 0.1) is 16.2 Å². The first-order valence-electron chi connectivity index (χ1n) is 6.74. The molecule has 0 fully saturated rings. The van der Waals surface area contributed by atoms with Crippen LogP contribution >= 0.6 is 11.3 Å². The van der Waals surface area contributed by atoms with Gasteiger partial charge in [-0.1, -0.05) is 18.3 Å². The van der Waals surface area contributed by atoms with Gasteiger partial charge in [-0.05, 0) is 18.2 Å². The van der Waals surface area contributed by atoms with Crippen LogP contribution in [0.2, 0.25) is 0 Å². The summed E-state index contributed by atoms with van der Waals surface area (Å²) >= 11 is 0.994. The summed E-state index contributed by atoms with van der Waals surface area (Å²) in [6.45, 7) is 1.50. The molecule has 0 saturated heterocycles. The maximum absolute atomic E-state index is 12.8. The van der Waals surface area contributed by atoms with E-state index in [9.17, 15) is 21.6 Å². The largest absolute Gasteiger partial charge is 0.417 e. The summed E-state index contributed by atoms with van der Waals surface area (Å²) in [6.07, 6.45) is -2.39. The second-order valence-electron chi connectivity index (χ2n) is 4.82. The van der Waals surface area contributed by atoms with E-state index in [-0.39, 0.29) is 31.7 Å². The Morgan fingerprint density at radius 1 is 1.25 bits per heavy atom. The van der Waals surface area contributed by atoms with E-state index < -0.39 is 21.6 Å². The van der Waals surface area contributed by atoms with E-state index in [0.717, 1.165) is 23.6 Å². The van der Waals surface area contributed by atoms with Gasteiger partial charge in [0.25, 0.3) is 0 Å². The van der Waals surface area contributed by atoms with Crippen molar-refractivity contribution in [2.24, 2.45) is 0 Å². The van der Waals surface area contributed by atoms with Crippen molar-refractivity contribution < 1.29 is 21.6 Å². The molecule has 0 aliphatic carbocycles. The van der Waals surface area contributed by atoms with Gasteiger partial charge >= 0.3 is 6.18 Å². The average Bonchev–Trinajstić information content (AvgIpc) is 2.97. The molecule has 3 aromatic rings. The molecule has 0 aliphatic heterocycles. The van der Waals surface area contributed by atoms with Crippen LogP contribution in [0, 0.1) is 0 Å². The molecule has 0 spiro atoms. The fourth-order valence-electron chi connectivity index (χ4n) is 2.04. The third kappa shape index (κ3) is 2.98. The van der Waals surface area contributed by atoms with Crippen molar-refractivity contribution in [1.29, 1.82) is 0 Å². The Morgan fingerprint density at radius 2 is 2.00 bits per heavy atom. The third-order valence-corrected chi connectivity index (χ3v) is 6.01. The summed E-state index contributed by atoms with van der Waals surface area (Å²) in [4.78, 5) is 12.2. The lowest BCUT2D eigenvalue weighted by molar-refractivity contribution is -0.137. The molecule has 5 nitrogen and oxygen atoms in total. The van der Waals surface area contributed by atoms with E-state index in [4.69, 9.17) is 0 Å². The van der Waals surface area contributed by atoms with Crippen LogP contribution in [-0.4, -0.2) is 29.1 Å². The number of fused-ring (bicyclic) bond motifs is 1. The zero-order valence-corrected chi connectivity index (χ0v) is 13.8. The fourth-order valence-corrected chi connectivity index (χ4v) is 4.04. The number of thiazole rings is 1. The van der Waals surface area contributed by atoms with Crippen LogP contribution in [0.5, 0.6) is 0 Å². The minimum absolute atomic E-state index is 0.00241. The Balaban J connectivity index is 2.18. The van der Waals surface area contributed by atoms with Crippen molar-refractivity contribution in [3.8, 4) is 10.7 Å². The first-order chi connectivity index (χ1) is 11.2. The fraction of sp³-hybridized carbons (Fsp3) is 0.214. The molecule has 0 aromatic carbocycles. The summed E-state index contributed by atoms with van der Waals surface area (Å²) in [6, 6.07) is 3.78. The van der Waals surface area contributed by atoms with Crippen LogP contribution < -0.4 is 0 Å². The second-order valence-corrected chi connectivity index (χ2v) is 8.04. The van der Waals surface area contributed by atoms with Gasteiger partial charge in [0.1, 0.15) is 21.0 Å². The quantitative estimate of drug-likeness (QED) is 0.702. The minimum atomic E-state index is -4.52. The molecule has 0 unspecified atom stereocenters. The molecule has 0 N–H and O–H groups in total. The van der Waals surface area contributed by atoms with Gasteiger partial charge in [-0.15, -0.1) is 0 Å². The number of rotatable bonds is 3. The molecule has 0 saturated carbocycles. The molecule has 3 heterocycles. The second kappa shape index (κ2) is 5.78. The van der Waals surface area contributed by atoms with Gasteiger partial charge in [-0.3, -0.25) is 4.98 Å². The molecule has 0 radical (unpaired) electrons. The molecule has 0 aliphatic rings. The smallest absolute Gasteiger partial charge is 0.252 e. The summed E-state index contributed by atoms with van der Waals surface area (Å²) in [5.74, 6) is -0.118.